The second-order valence-corrected chi connectivity index (χ2v) is 9.40. The summed E-state index contributed by atoms with van der Waals surface area (Å²) in [6, 6.07) is 26.6. The first kappa shape index (κ1) is 25.2. The summed E-state index contributed by atoms with van der Waals surface area (Å²) < 4.78 is 0. The van der Waals surface area contributed by atoms with E-state index in [1.807, 2.05) is 42.5 Å². The minimum Gasteiger partial charge on any atom is -0.377 e. The Balaban J connectivity index is 1.66. The Labute approximate surface area is 227 Å². The van der Waals surface area contributed by atoms with Crippen molar-refractivity contribution in [3.05, 3.63) is 113 Å². The monoisotopic (exact) mass is 521 g/mol. The molecular formula is C30H28ClN7. The summed E-state index contributed by atoms with van der Waals surface area (Å²) in [6.45, 7) is 4.91. The van der Waals surface area contributed by atoms with Gasteiger partial charge >= 0.3 is 0 Å². The molecule has 0 unspecified atom stereocenters. The molecule has 8 heteroatoms. The fraction of sp³-hybridized carbons (Fsp3) is 0.200. The number of aromatic amines is 1. The molecule has 2 heterocycles. The van der Waals surface area contributed by atoms with E-state index in [-0.39, 0.29) is 12.1 Å². The van der Waals surface area contributed by atoms with Gasteiger partial charge in [0, 0.05) is 23.8 Å². The van der Waals surface area contributed by atoms with Crippen molar-refractivity contribution >= 4 is 33.9 Å². The Morgan fingerprint density at radius 2 is 1.71 bits per heavy atom. The third-order valence-corrected chi connectivity index (χ3v) is 7.06. The van der Waals surface area contributed by atoms with E-state index in [0.29, 0.717) is 22.6 Å². The molecule has 0 radical (unpaired) electrons. The zero-order valence-corrected chi connectivity index (χ0v) is 22.0. The maximum atomic E-state index is 10.00. The van der Waals surface area contributed by atoms with Gasteiger partial charge in [0.25, 0.3) is 0 Å². The highest BCUT2D eigenvalue weighted by atomic mass is 35.5. The number of fused-ring (bicyclic) bond motifs is 1. The van der Waals surface area contributed by atoms with Crippen molar-refractivity contribution in [2.45, 2.75) is 32.4 Å². The predicted molar refractivity (Wildman–Crippen MR) is 152 cm³/mol. The fourth-order valence-corrected chi connectivity index (χ4v) is 5.20. The molecule has 3 aromatic carbocycles. The number of halogens is 1. The third-order valence-electron chi connectivity index (χ3n) is 6.77. The first-order valence-electron chi connectivity index (χ1n) is 12.7. The minimum absolute atomic E-state index is 0.0193. The molecular weight excluding hydrogens is 494 g/mol. The van der Waals surface area contributed by atoms with Crippen molar-refractivity contribution in [1.29, 1.82) is 5.26 Å². The number of nitrogens with zero attached hydrogens (tertiary/aromatic N) is 5. The Hall–Kier alpha value is -4.41. The summed E-state index contributed by atoms with van der Waals surface area (Å²) in [4.78, 5) is 6.79. The Bertz CT molecular complexity index is 1550. The lowest BCUT2D eigenvalue weighted by atomic mass is 10.00. The molecule has 38 heavy (non-hydrogen) atoms. The molecule has 0 aliphatic heterocycles. The van der Waals surface area contributed by atoms with E-state index < -0.39 is 0 Å². The maximum Gasteiger partial charge on any atom is 0.109 e. The molecule has 0 saturated carbocycles. The van der Waals surface area contributed by atoms with E-state index >= 15 is 0 Å². The molecule has 2 N–H and O–H groups in total. The van der Waals surface area contributed by atoms with Gasteiger partial charge in [-0.2, -0.15) is 20.7 Å². The molecule has 5 rings (SSSR count). The summed E-state index contributed by atoms with van der Waals surface area (Å²) in [6.07, 6.45) is 4.18. The van der Waals surface area contributed by atoms with Crippen LogP contribution < -0.4 is 10.2 Å². The molecule has 0 amide bonds. The van der Waals surface area contributed by atoms with Gasteiger partial charge in [0.05, 0.1) is 34.0 Å². The smallest absolute Gasteiger partial charge is 0.109 e. The summed E-state index contributed by atoms with van der Waals surface area (Å²) in [5.74, 6) is 0. The van der Waals surface area contributed by atoms with E-state index in [9.17, 15) is 5.26 Å². The highest BCUT2D eigenvalue weighted by Gasteiger charge is 2.26. The van der Waals surface area contributed by atoms with E-state index in [4.69, 9.17) is 11.6 Å². The summed E-state index contributed by atoms with van der Waals surface area (Å²) >= 11 is 6.86. The van der Waals surface area contributed by atoms with Crippen LogP contribution in [0, 0.1) is 11.3 Å². The van der Waals surface area contributed by atoms with Gasteiger partial charge < -0.3 is 10.2 Å². The number of aromatic nitrogens is 4. The van der Waals surface area contributed by atoms with E-state index in [0.717, 1.165) is 40.0 Å². The van der Waals surface area contributed by atoms with E-state index in [1.54, 1.807) is 12.4 Å². The molecule has 0 saturated heterocycles. The van der Waals surface area contributed by atoms with Crippen LogP contribution in [0.4, 0.5) is 11.4 Å². The topological polar surface area (TPSA) is 93.5 Å². The second kappa shape index (κ2) is 11.3. The number of hydrogen-bond donors (Lipinski definition) is 2. The molecule has 5 aromatic rings. The Morgan fingerprint density at radius 3 is 2.32 bits per heavy atom. The Kier molecular flexibility index (Phi) is 7.52. The van der Waals surface area contributed by atoms with Gasteiger partial charge in [0.15, 0.2) is 0 Å². The van der Waals surface area contributed by atoms with Gasteiger partial charge in [-0.15, -0.1) is 0 Å². The second-order valence-electron chi connectivity index (χ2n) is 8.99. The molecule has 0 fully saturated rings. The zero-order valence-electron chi connectivity index (χ0n) is 21.3. The average Bonchev–Trinajstić information content (AvgIpc) is 3.49. The molecule has 0 aliphatic carbocycles. The minimum atomic E-state index is -0.190. The van der Waals surface area contributed by atoms with Gasteiger partial charge in [-0.3, -0.25) is 4.98 Å². The molecule has 0 spiro atoms. The van der Waals surface area contributed by atoms with Crippen LogP contribution in [0.1, 0.15) is 54.7 Å². The molecule has 2 atom stereocenters. The third kappa shape index (κ3) is 4.91. The van der Waals surface area contributed by atoms with Crippen LogP contribution in [0.25, 0.3) is 10.9 Å². The Morgan fingerprint density at radius 1 is 1.00 bits per heavy atom. The summed E-state index contributed by atoms with van der Waals surface area (Å²) in [5.41, 5.74) is 5.77. The lowest BCUT2D eigenvalue weighted by molar-refractivity contribution is 0.701. The number of hydrogen-bond acceptors (Lipinski definition) is 6. The number of nitrogens with one attached hydrogen (secondary N) is 2. The van der Waals surface area contributed by atoms with Crippen LogP contribution >= 0.6 is 11.6 Å². The molecule has 7 nitrogen and oxygen atoms in total. The standard InChI is InChI=1S/C30H28ClN7/c1-3-26(20-11-7-5-8-12-20)35-28-22(17-32)18-33-29-24(28)15-23(16-25(29)31)38(4-2)30(27-19-34-37-36-27)21-13-9-6-10-14-21/h5-16,18-19,26,30H,3-4H2,1-2H3,(H,33,35)(H,34,36,37)/t26-,30+/m1/s1. The van der Waals surface area contributed by atoms with Crippen LogP contribution in [0.2, 0.25) is 5.02 Å². The van der Waals surface area contributed by atoms with E-state index in [2.05, 4.69) is 80.9 Å². The number of nitriles is 1. The molecule has 0 aliphatic rings. The number of anilines is 2. The number of rotatable bonds is 9. The molecule has 190 valence electrons. The predicted octanol–water partition coefficient (Wildman–Crippen LogP) is 7.06. The highest BCUT2D eigenvalue weighted by molar-refractivity contribution is 6.35. The van der Waals surface area contributed by atoms with Crippen LogP contribution in [-0.4, -0.2) is 26.9 Å². The maximum absolute atomic E-state index is 10.00. The summed E-state index contributed by atoms with van der Waals surface area (Å²) in [5, 5.41) is 26.2. The molecule has 0 bridgehead atoms. The first-order valence-corrected chi connectivity index (χ1v) is 13.0. The van der Waals surface area contributed by atoms with Crippen molar-refractivity contribution in [1.82, 2.24) is 20.4 Å². The highest BCUT2D eigenvalue weighted by Crippen LogP contribution is 2.39. The quantitative estimate of drug-likeness (QED) is 0.216. The van der Waals surface area contributed by atoms with Crippen molar-refractivity contribution < 1.29 is 0 Å². The van der Waals surface area contributed by atoms with E-state index in [1.165, 1.54) is 0 Å². The number of H-pyrrole nitrogens is 1. The van der Waals surface area contributed by atoms with Crippen LogP contribution in [-0.2, 0) is 0 Å². The SMILES string of the molecule is CC[C@@H](Nc1c(C#N)cnc2c(Cl)cc(N(CC)[C@@H](c3ccccc3)c3cn[nH]n3)cc12)c1ccccc1. The zero-order chi connectivity index (χ0) is 26.5. The lowest BCUT2D eigenvalue weighted by Gasteiger charge is -2.32. The number of benzene rings is 3. The van der Waals surface area contributed by atoms with Gasteiger partial charge in [-0.05, 0) is 36.6 Å². The van der Waals surface area contributed by atoms with Crippen molar-refractivity contribution in [3.8, 4) is 6.07 Å². The van der Waals surface area contributed by atoms with Gasteiger partial charge in [0.1, 0.15) is 17.8 Å². The number of pyridine rings is 1. The van der Waals surface area contributed by atoms with Crippen molar-refractivity contribution in [3.63, 3.8) is 0 Å². The lowest BCUT2D eigenvalue weighted by Crippen LogP contribution is -2.29. The van der Waals surface area contributed by atoms with Gasteiger partial charge in [-0.25, -0.2) is 0 Å². The van der Waals surface area contributed by atoms with Crippen LogP contribution in [0.5, 0.6) is 0 Å². The van der Waals surface area contributed by atoms with Crippen LogP contribution in [0.3, 0.4) is 0 Å². The van der Waals surface area contributed by atoms with Gasteiger partial charge in [0.2, 0.25) is 0 Å². The van der Waals surface area contributed by atoms with Crippen LogP contribution in [0.15, 0.2) is 85.2 Å². The molecule has 2 aromatic heterocycles. The average molecular weight is 522 g/mol. The van der Waals surface area contributed by atoms with Crippen molar-refractivity contribution in [2.24, 2.45) is 0 Å². The first-order chi connectivity index (χ1) is 18.6. The summed E-state index contributed by atoms with van der Waals surface area (Å²) in [7, 11) is 0. The van der Waals surface area contributed by atoms with Gasteiger partial charge in [-0.1, -0.05) is 79.2 Å². The normalized spacial score (nSPS) is 12.6. The fourth-order valence-electron chi connectivity index (χ4n) is 4.93. The largest absolute Gasteiger partial charge is 0.377 e. The van der Waals surface area contributed by atoms with Crippen molar-refractivity contribution in [2.75, 3.05) is 16.8 Å².